The molecule has 0 aliphatic carbocycles. The van der Waals surface area contributed by atoms with Crippen molar-refractivity contribution in [3.63, 3.8) is 0 Å². The largest absolute Gasteiger partial charge is 0.0928 e. The first-order chi connectivity index (χ1) is 3.41. The molecule has 0 nitrogen and oxygen atoms in total. The van der Waals surface area contributed by atoms with E-state index in [2.05, 4.69) is 22.5 Å². The van der Waals surface area contributed by atoms with Crippen molar-refractivity contribution >= 4 is 25.4 Å². The first-order valence-corrected chi connectivity index (χ1v) is 6.51. The highest BCUT2D eigenvalue weighted by atomic mass is 79.9. The highest BCUT2D eigenvalue weighted by Crippen LogP contribution is 1.97. The lowest BCUT2D eigenvalue weighted by molar-refractivity contribution is 0.896. The van der Waals surface area contributed by atoms with Gasteiger partial charge >= 0.3 is 0 Å². The molecule has 0 unspecified atom stereocenters. The van der Waals surface area contributed by atoms with Crippen LogP contribution in [0.15, 0.2) is 0 Å². The van der Waals surface area contributed by atoms with Crippen LogP contribution in [0.4, 0.5) is 0 Å². The molecule has 0 aliphatic heterocycles. The Bertz CT molecular complexity index is 27.3. The van der Waals surface area contributed by atoms with Crippen LogP contribution in [0.25, 0.3) is 0 Å². The van der Waals surface area contributed by atoms with Gasteiger partial charge < -0.3 is 0 Å². The Hall–Kier alpha value is 0.697. The molecule has 0 aromatic heterocycles. The van der Waals surface area contributed by atoms with E-state index in [1.807, 2.05) is 0 Å². The molecular formula is C5H13BrSi. The van der Waals surface area contributed by atoms with Gasteiger partial charge in [0.05, 0.1) is 0 Å². The second-order valence-electron chi connectivity index (χ2n) is 1.75. The summed E-state index contributed by atoms with van der Waals surface area (Å²) in [6.07, 6.45) is 2.83. The Morgan fingerprint density at radius 1 is 1.43 bits per heavy atom. The molecule has 0 amide bonds. The predicted molar refractivity (Wildman–Crippen MR) is 42.2 cm³/mol. The number of halogens is 1. The van der Waals surface area contributed by atoms with Gasteiger partial charge in [-0.15, -0.1) is 0 Å². The molecule has 0 spiro atoms. The minimum atomic E-state index is 0.373. The van der Waals surface area contributed by atoms with Crippen LogP contribution < -0.4 is 0 Å². The van der Waals surface area contributed by atoms with Crippen LogP contribution in [-0.2, 0) is 0 Å². The Morgan fingerprint density at radius 2 is 2.14 bits per heavy atom. The molecule has 0 saturated heterocycles. The molecule has 0 aromatic rings. The maximum atomic E-state index is 3.39. The number of rotatable bonds is 4. The fourth-order valence-electron chi connectivity index (χ4n) is 0.521. The lowest BCUT2D eigenvalue weighted by Crippen LogP contribution is -1.80. The van der Waals surface area contributed by atoms with Crippen molar-refractivity contribution in [1.82, 2.24) is 0 Å². The zero-order chi connectivity index (χ0) is 5.54. The normalized spacial score (nSPS) is 11.1. The van der Waals surface area contributed by atoms with Gasteiger partial charge in [-0.1, -0.05) is 34.9 Å². The second kappa shape index (κ2) is 6.70. The third-order valence-corrected chi connectivity index (χ3v) is 2.76. The highest BCUT2D eigenvalue weighted by molar-refractivity contribution is 9.09. The summed E-state index contributed by atoms with van der Waals surface area (Å²) in [6.45, 7) is 2.37. The van der Waals surface area contributed by atoms with Crippen LogP contribution in [0.1, 0.15) is 12.8 Å². The van der Waals surface area contributed by atoms with Gasteiger partial charge in [-0.05, 0) is 6.42 Å². The SMILES string of the molecule is C[SiH2]CCCCBr. The van der Waals surface area contributed by atoms with E-state index in [0.717, 1.165) is 0 Å². The number of hydrogen-bond donors (Lipinski definition) is 0. The standard InChI is InChI=1S/C5H13BrSi/c1-7-5-3-2-4-6/h2-5,7H2,1H3. The number of alkyl halides is 1. The molecule has 2 heteroatoms. The molecule has 44 valence electrons. The molecular weight excluding hydrogens is 168 g/mol. The summed E-state index contributed by atoms with van der Waals surface area (Å²) in [5, 5.41) is 1.20. The first kappa shape index (κ1) is 7.70. The van der Waals surface area contributed by atoms with Gasteiger partial charge in [-0.2, -0.15) is 0 Å². The lowest BCUT2D eigenvalue weighted by atomic mass is 10.4. The Balaban J connectivity index is 2.45. The zero-order valence-corrected chi connectivity index (χ0v) is 7.91. The fourth-order valence-corrected chi connectivity index (χ4v) is 1.77. The van der Waals surface area contributed by atoms with Gasteiger partial charge in [0.1, 0.15) is 0 Å². The summed E-state index contributed by atoms with van der Waals surface area (Å²) in [4.78, 5) is 0. The zero-order valence-electron chi connectivity index (χ0n) is 4.91. The van der Waals surface area contributed by atoms with Gasteiger partial charge in [-0.3, -0.25) is 0 Å². The second-order valence-corrected chi connectivity index (χ2v) is 4.25. The molecule has 0 rings (SSSR count). The monoisotopic (exact) mass is 180 g/mol. The molecule has 0 atom stereocenters. The van der Waals surface area contributed by atoms with Crippen molar-refractivity contribution < 1.29 is 0 Å². The van der Waals surface area contributed by atoms with E-state index in [1.54, 1.807) is 0 Å². The summed E-state index contributed by atoms with van der Waals surface area (Å²) >= 11 is 3.39. The van der Waals surface area contributed by atoms with E-state index in [0.29, 0.717) is 9.52 Å². The van der Waals surface area contributed by atoms with Gasteiger partial charge in [0.2, 0.25) is 0 Å². The van der Waals surface area contributed by atoms with Crippen molar-refractivity contribution in [3.8, 4) is 0 Å². The quantitative estimate of drug-likeness (QED) is 0.352. The van der Waals surface area contributed by atoms with Crippen molar-refractivity contribution in [2.45, 2.75) is 25.4 Å². The van der Waals surface area contributed by atoms with E-state index in [4.69, 9.17) is 0 Å². The third-order valence-electron chi connectivity index (χ3n) is 0.987. The Labute approximate surface area is 56.6 Å². The average molecular weight is 181 g/mol. The first-order valence-electron chi connectivity index (χ1n) is 2.97. The third kappa shape index (κ3) is 6.70. The smallest absolute Gasteiger partial charge is 0.0166 e. The molecule has 0 saturated carbocycles. The van der Waals surface area contributed by atoms with E-state index in [-0.39, 0.29) is 0 Å². The average Bonchev–Trinajstić information content (AvgIpc) is 1.69. The number of hydrogen-bond acceptors (Lipinski definition) is 0. The van der Waals surface area contributed by atoms with Gasteiger partial charge in [0, 0.05) is 14.8 Å². The summed E-state index contributed by atoms with van der Waals surface area (Å²) in [7, 11) is 0.373. The van der Waals surface area contributed by atoms with Crippen LogP contribution in [-0.4, -0.2) is 14.8 Å². The van der Waals surface area contributed by atoms with Crippen molar-refractivity contribution in [2.75, 3.05) is 5.33 Å². The van der Waals surface area contributed by atoms with Gasteiger partial charge in [0.25, 0.3) is 0 Å². The molecule has 7 heavy (non-hydrogen) atoms. The van der Waals surface area contributed by atoms with Crippen LogP contribution in [0.2, 0.25) is 12.6 Å². The van der Waals surface area contributed by atoms with Crippen molar-refractivity contribution in [2.24, 2.45) is 0 Å². The van der Waals surface area contributed by atoms with E-state index >= 15 is 0 Å². The van der Waals surface area contributed by atoms with E-state index in [1.165, 1.54) is 24.2 Å². The van der Waals surface area contributed by atoms with E-state index < -0.39 is 0 Å². The molecule has 0 aliphatic rings. The van der Waals surface area contributed by atoms with Crippen LogP contribution in [0, 0.1) is 0 Å². The van der Waals surface area contributed by atoms with Crippen molar-refractivity contribution in [3.05, 3.63) is 0 Å². The number of unbranched alkanes of at least 4 members (excludes halogenated alkanes) is 1. The van der Waals surface area contributed by atoms with Gasteiger partial charge in [-0.25, -0.2) is 0 Å². The Kier molecular flexibility index (Phi) is 7.36. The molecule has 0 N–H and O–H groups in total. The maximum Gasteiger partial charge on any atom is 0.0166 e. The summed E-state index contributed by atoms with van der Waals surface area (Å²) in [6, 6.07) is 1.53. The minimum absolute atomic E-state index is 0.373. The maximum absolute atomic E-state index is 3.39. The summed E-state index contributed by atoms with van der Waals surface area (Å²) in [5.74, 6) is 0. The molecule has 0 aromatic carbocycles. The molecule has 0 bridgehead atoms. The topological polar surface area (TPSA) is 0 Å². The summed E-state index contributed by atoms with van der Waals surface area (Å²) < 4.78 is 0. The molecule has 0 heterocycles. The van der Waals surface area contributed by atoms with E-state index in [9.17, 15) is 0 Å². The van der Waals surface area contributed by atoms with Crippen LogP contribution in [0.3, 0.4) is 0 Å². The van der Waals surface area contributed by atoms with Gasteiger partial charge in [0.15, 0.2) is 0 Å². The van der Waals surface area contributed by atoms with Crippen LogP contribution >= 0.6 is 15.9 Å². The minimum Gasteiger partial charge on any atom is -0.0928 e. The Morgan fingerprint density at radius 3 is 2.57 bits per heavy atom. The summed E-state index contributed by atoms with van der Waals surface area (Å²) in [5.41, 5.74) is 0. The van der Waals surface area contributed by atoms with Crippen molar-refractivity contribution in [1.29, 1.82) is 0 Å². The lowest BCUT2D eigenvalue weighted by Gasteiger charge is -1.89. The molecule has 0 radical (unpaired) electrons. The predicted octanol–water partition coefficient (Wildman–Crippen LogP) is 1.80. The fraction of sp³-hybridized carbons (Fsp3) is 1.00. The molecule has 0 fully saturated rings. The van der Waals surface area contributed by atoms with Crippen LogP contribution in [0.5, 0.6) is 0 Å². The highest BCUT2D eigenvalue weighted by Gasteiger charge is 1.81.